The van der Waals surface area contributed by atoms with Gasteiger partial charge in [0.25, 0.3) is 0 Å². The number of amides is 1. The maximum absolute atomic E-state index is 13.6. The lowest BCUT2D eigenvalue weighted by Gasteiger charge is -2.39. The number of carbonyl (C=O) groups excluding carboxylic acids is 1. The first kappa shape index (κ1) is 17.5. The zero-order chi connectivity index (χ0) is 19.1. The Labute approximate surface area is 166 Å². The van der Waals surface area contributed by atoms with Crippen molar-refractivity contribution in [2.75, 3.05) is 11.9 Å². The first-order chi connectivity index (χ1) is 13.8. The Morgan fingerprint density at radius 2 is 2.21 bits per heavy atom. The number of carbonyl (C=O) groups is 1. The number of H-pyrrole nitrogens is 1. The van der Waals surface area contributed by atoms with E-state index in [1.807, 2.05) is 11.0 Å². The standard InChI is InChI=1S/C23H28N4O/c1-2-3-10-20-18-14-27(13-12-21(18)26-25-20)23(28)22-17-9-6-8-15(17)16-7-4-5-11-19(16)24-22/h4-8,11,15,17,22,24H,2-3,9-10,12-14H2,1H3,(H,25,26)/t15-,17+,22+/m0/s1. The van der Waals surface area contributed by atoms with Crippen molar-refractivity contribution < 1.29 is 4.79 Å². The summed E-state index contributed by atoms with van der Waals surface area (Å²) in [5.74, 6) is 0.898. The third kappa shape index (κ3) is 2.84. The number of para-hydroxylation sites is 1. The molecular weight excluding hydrogens is 348 g/mol. The number of rotatable bonds is 4. The fraction of sp³-hybridized carbons (Fsp3) is 0.478. The summed E-state index contributed by atoms with van der Waals surface area (Å²) in [5, 5.41) is 11.3. The summed E-state index contributed by atoms with van der Waals surface area (Å²) in [6, 6.07) is 8.28. The number of aromatic nitrogens is 2. The first-order valence-electron chi connectivity index (χ1n) is 10.6. The maximum atomic E-state index is 13.6. The molecule has 2 N–H and O–H groups in total. The fourth-order valence-electron chi connectivity index (χ4n) is 5.08. The number of aromatic amines is 1. The van der Waals surface area contributed by atoms with Gasteiger partial charge in [0.15, 0.2) is 0 Å². The van der Waals surface area contributed by atoms with Crippen molar-refractivity contribution >= 4 is 11.6 Å². The molecule has 3 atom stereocenters. The van der Waals surface area contributed by atoms with Crippen LogP contribution in [0.15, 0.2) is 36.4 Å². The predicted molar refractivity (Wildman–Crippen MR) is 110 cm³/mol. The number of aryl methyl sites for hydroxylation is 1. The van der Waals surface area contributed by atoms with Crippen molar-refractivity contribution in [1.29, 1.82) is 0 Å². The lowest BCUT2D eigenvalue weighted by molar-refractivity contribution is -0.134. The summed E-state index contributed by atoms with van der Waals surface area (Å²) in [7, 11) is 0. The smallest absolute Gasteiger partial charge is 0.245 e. The molecule has 0 saturated carbocycles. The highest BCUT2D eigenvalue weighted by Crippen LogP contribution is 2.45. The molecule has 5 nitrogen and oxygen atoms in total. The number of fused-ring (bicyclic) bond motifs is 4. The van der Waals surface area contributed by atoms with Gasteiger partial charge in [-0.1, -0.05) is 43.7 Å². The molecule has 0 bridgehead atoms. The van der Waals surface area contributed by atoms with E-state index in [2.05, 4.69) is 52.8 Å². The van der Waals surface area contributed by atoms with E-state index in [0.717, 1.165) is 50.0 Å². The van der Waals surface area contributed by atoms with E-state index in [9.17, 15) is 4.79 Å². The molecule has 0 fully saturated rings. The van der Waals surface area contributed by atoms with Crippen LogP contribution in [0.1, 0.15) is 54.6 Å². The number of benzene rings is 1. The summed E-state index contributed by atoms with van der Waals surface area (Å²) in [4.78, 5) is 15.6. The van der Waals surface area contributed by atoms with E-state index in [1.54, 1.807) is 0 Å². The summed E-state index contributed by atoms with van der Waals surface area (Å²) < 4.78 is 0. The fourth-order valence-corrected chi connectivity index (χ4v) is 5.08. The van der Waals surface area contributed by atoms with E-state index >= 15 is 0 Å². The molecular formula is C23H28N4O. The minimum atomic E-state index is -0.151. The van der Waals surface area contributed by atoms with Gasteiger partial charge in [-0.05, 0) is 30.9 Å². The molecule has 5 rings (SSSR count). The summed E-state index contributed by atoms with van der Waals surface area (Å²) >= 11 is 0. The Morgan fingerprint density at radius 1 is 1.32 bits per heavy atom. The molecule has 1 aliphatic carbocycles. The van der Waals surface area contributed by atoms with Crippen molar-refractivity contribution in [1.82, 2.24) is 15.1 Å². The topological polar surface area (TPSA) is 61.0 Å². The van der Waals surface area contributed by atoms with Crippen molar-refractivity contribution in [3.8, 4) is 0 Å². The largest absolute Gasteiger partial charge is 0.373 e. The van der Waals surface area contributed by atoms with Gasteiger partial charge in [0.1, 0.15) is 6.04 Å². The van der Waals surface area contributed by atoms with Crippen molar-refractivity contribution in [3.63, 3.8) is 0 Å². The molecule has 5 heteroatoms. The Kier molecular flexibility index (Phi) is 4.46. The van der Waals surface area contributed by atoms with Crippen LogP contribution in [-0.2, 0) is 24.2 Å². The van der Waals surface area contributed by atoms with Crippen LogP contribution in [0.3, 0.4) is 0 Å². The van der Waals surface area contributed by atoms with Crippen molar-refractivity contribution in [3.05, 3.63) is 58.9 Å². The van der Waals surface area contributed by atoms with Gasteiger partial charge in [0, 0.05) is 48.3 Å². The quantitative estimate of drug-likeness (QED) is 0.798. The number of hydrogen-bond acceptors (Lipinski definition) is 3. The first-order valence-corrected chi connectivity index (χ1v) is 10.6. The molecule has 3 aliphatic rings. The van der Waals surface area contributed by atoms with Gasteiger partial charge >= 0.3 is 0 Å². The average Bonchev–Trinajstić information content (AvgIpc) is 3.38. The molecule has 3 heterocycles. The molecule has 0 saturated heterocycles. The molecule has 1 aromatic carbocycles. The van der Waals surface area contributed by atoms with Gasteiger partial charge in [-0.15, -0.1) is 0 Å². The molecule has 0 spiro atoms. The Balaban J connectivity index is 1.38. The number of nitrogens with one attached hydrogen (secondary N) is 2. The Bertz CT molecular complexity index is 915. The van der Waals surface area contributed by atoms with Gasteiger partial charge in [-0.3, -0.25) is 9.89 Å². The number of anilines is 1. The van der Waals surface area contributed by atoms with Crippen LogP contribution in [0.25, 0.3) is 0 Å². The van der Waals surface area contributed by atoms with Crippen LogP contribution >= 0.6 is 0 Å². The lowest BCUT2D eigenvalue weighted by atomic mass is 9.79. The van der Waals surface area contributed by atoms with E-state index in [4.69, 9.17) is 0 Å². The second-order valence-corrected chi connectivity index (χ2v) is 8.30. The molecule has 2 aliphatic heterocycles. The van der Waals surface area contributed by atoms with Gasteiger partial charge in [0.2, 0.25) is 5.91 Å². The second kappa shape index (κ2) is 7.12. The summed E-state index contributed by atoms with van der Waals surface area (Å²) in [6.45, 7) is 3.66. The van der Waals surface area contributed by atoms with E-state index in [1.165, 1.54) is 16.8 Å². The van der Waals surface area contributed by atoms with Crippen LogP contribution in [0, 0.1) is 5.92 Å². The SMILES string of the molecule is CCCCc1n[nH]c2c1CN(C(=O)[C@@H]1Nc3ccccc3[C@@H]3C=CC[C@@H]13)CC2. The van der Waals surface area contributed by atoms with Gasteiger partial charge < -0.3 is 10.2 Å². The second-order valence-electron chi connectivity index (χ2n) is 8.30. The highest BCUT2D eigenvalue weighted by Gasteiger charge is 2.42. The van der Waals surface area contributed by atoms with Gasteiger partial charge in [0.05, 0.1) is 5.69 Å². The van der Waals surface area contributed by atoms with Crippen molar-refractivity contribution in [2.45, 2.75) is 57.5 Å². The zero-order valence-corrected chi connectivity index (χ0v) is 16.4. The third-order valence-electron chi connectivity index (χ3n) is 6.64. The van der Waals surface area contributed by atoms with E-state index in [-0.39, 0.29) is 11.9 Å². The molecule has 1 aromatic heterocycles. The Hall–Kier alpha value is -2.56. The third-order valence-corrected chi connectivity index (χ3v) is 6.64. The maximum Gasteiger partial charge on any atom is 0.245 e. The van der Waals surface area contributed by atoms with E-state index in [0.29, 0.717) is 18.4 Å². The molecule has 1 amide bonds. The van der Waals surface area contributed by atoms with Crippen LogP contribution in [-0.4, -0.2) is 33.6 Å². The number of unbranched alkanes of at least 4 members (excludes halogenated alkanes) is 1. The number of nitrogens with zero attached hydrogens (tertiary/aromatic N) is 2. The number of allylic oxidation sites excluding steroid dienone is 2. The molecule has 2 aromatic rings. The molecule has 28 heavy (non-hydrogen) atoms. The van der Waals surface area contributed by atoms with Crippen LogP contribution in [0.4, 0.5) is 5.69 Å². The average molecular weight is 377 g/mol. The van der Waals surface area contributed by atoms with Crippen LogP contribution in [0.5, 0.6) is 0 Å². The highest BCUT2D eigenvalue weighted by molar-refractivity contribution is 5.87. The monoisotopic (exact) mass is 376 g/mol. The van der Waals surface area contributed by atoms with Gasteiger partial charge in [-0.2, -0.15) is 5.10 Å². The van der Waals surface area contributed by atoms with Crippen molar-refractivity contribution in [2.24, 2.45) is 5.92 Å². The molecule has 146 valence electrons. The summed E-state index contributed by atoms with van der Waals surface area (Å²) in [5.41, 5.74) is 6.06. The normalized spacial score (nSPS) is 25.0. The zero-order valence-electron chi connectivity index (χ0n) is 16.4. The molecule has 0 unspecified atom stereocenters. The minimum Gasteiger partial charge on any atom is -0.373 e. The minimum absolute atomic E-state index is 0.151. The lowest BCUT2D eigenvalue weighted by Crippen LogP contribution is -2.50. The van der Waals surface area contributed by atoms with Crippen LogP contribution < -0.4 is 5.32 Å². The summed E-state index contributed by atoms with van der Waals surface area (Å²) in [6.07, 6.45) is 9.66. The van der Waals surface area contributed by atoms with E-state index < -0.39 is 0 Å². The predicted octanol–water partition coefficient (Wildman–Crippen LogP) is 3.79. The van der Waals surface area contributed by atoms with Crippen LogP contribution in [0.2, 0.25) is 0 Å². The molecule has 0 radical (unpaired) electrons. The number of hydrogen-bond donors (Lipinski definition) is 2. The Morgan fingerprint density at radius 3 is 3.11 bits per heavy atom. The van der Waals surface area contributed by atoms with Gasteiger partial charge in [-0.25, -0.2) is 0 Å². The highest BCUT2D eigenvalue weighted by atomic mass is 16.2.